The molecule has 1 aromatic rings. The molecule has 0 aliphatic rings. The summed E-state index contributed by atoms with van der Waals surface area (Å²) >= 11 is 1.52. The van der Waals surface area contributed by atoms with Crippen LogP contribution in [0.2, 0.25) is 0 Å². The minimum atomic E-state index is -0.756. The molecule has 2 N–H and O–H groups in total. The summed E-state index contributed by atoms with van der Waals surface area (Å²) < 4.78 is 0. The van der Waals surface area contributed by atoms with Crippen LogP contribution in [0, 0.1) is 5.41 Å². The molecule has 1 rings (SSSR count). The number of aromatic nitrogens is 2. The number of thioether (sulfide) groups is 1. The van der Waals surface area contributed by atoms with E-state index in [1.165, 1.54) is 11.8 Å². The van der Waals surface area contributed by atoms with Crippen molar-refractivity contribution in [3.05, 3.63) is 22.1 Å². The summed E-state index contributed by atoms with van der Waals surface area (Å²) in [5.41, 5.74) is 0.0527. The maximum absolute atomic E-state index is 11.5. The molecule has 0 unspecified atom stereocenters. The van der Waals surface area contributed by atoms with Gasteiger partial charge in [-0.3, -0.25) is 9.59 Å². The number of rotatable bonds is 9. The Labute approximate surface area is 129 Å². The van der Waals surface area contributed by atoms with Gasteiger partial charge >= 0.3 is 5.97 Å². The van der Waals surface area contributed by atoms with Gasteiger partial charge in [-0.25, -0.2) is 4.98 Å². The maximum atomic E-state index is 11.5. The molecule has 0 fully saturated rings. The quantitative estimate of drug-likeness (QED) is 0.416. The number of hydrogen-bond acceptors (Lipinski definition) is 4. The van der Waals surface area contributed by atoms with Gasteiger partial charge in [-0.2, -0.15) is 0 Å². The number of carbonyl (C=O) groups is 1. The highest BCUT2D eigenvalue weighted by atomic mass is 32.2. The second-order valence-corrected chi connectivity index (χ2v) is 6.87. The molecule has 0 aliphatic carbocycles. The van der Waals surface area contributed by atoms with Gasteiger partial charge < -0.3 is 10.1 Å². The molecule has 0 amide bonds. The summed E-state index contributed by atoms with van der Waals surface area (Å²) in [4.78, 5) is 29.6. The molecular weight excluding hydrogens is 288 g/mol. The number of nitrogens with one attached hydrogen (secondary N) is 1. The molecule has 0 spiro atoms. The highest BCUT2D eigenvalue weighted by Crippen LogP contribution is 2.24. The lowest BCUT2D eigenvalue weighted by molar-refractivity contribution is -0.147. The van der Waals surface area contributed by atoms with Crippen LogP contribution in [0.3, 0.4) is 0 Å². The van der Waals surface area contributed by atoms with Crippen LogP contribution in [-0.4, -0.2) is 26.8 Å². The van der Waals surface area contributed by atoms with Crippen molar-refractivity contribution in [1.29, 1.82) is 0 Å². The van der Waals surface area contributed by atoms with E-state index in [-0.39, 0.29) is 5.56 Å². The third-order valence-electron chi connectivity index (χ3n) is 3.29. The van der Waals surface area contributed by atoms with Crippen molar-refractivity contribution in [3.8, 4) is 0 Å². The predicted octanol–water partition coefficient (Wildman–Crippen LogP) is 3.10. The van der Waals surface area contributed by atoms with Gasteiger partial charge in [0.05, 0.1) is 5.41 Å². The number of H-pyrrole nitrogens is 1. The third-order valence-corrected chi connectivity index (χ3v) is 4.25. The number of aromatic amines is 1. The van der Waals surface area contributed by atoms with E-state index in [4.69, 9.17) is 5.11 Å². The summed E-state index contributed by atoms with van der Waals surface area (Å²) in [5.74, 6) is 0.0715. The van der Waals surface area contributed by atoms with Crippen molar-refractivity contribution in [2.75, 3.05) is 5.75 Å². The molecular formula is C15H24N2O3S. The number of nitrogens with zero attached hydrogens (tertiary/aromatic N) is 1. The Bertz CT molecular complexity index is 526. The fourth-order valence-electron chi connectivity index (χ4n) is 1.88. The van der Waals surface area contributed by atoms with Crippen LogP contribution in [0.15, 0.2) is 16.0 Å². The molecule has 6 heteroatoms. The average molecular weight is 312 g/mol. The van der Waals surface area contributed by atoms with E-state index in [1.54, 1.807) is 19.9 Å². The molecule has 0 bridgehead atoms. The fraction of sp³-hybridized carbons (Fsp3) is 0.667. The first-order valence-corrected chi connectivity index (χ1v) is 8.30. The smallest absolute Gasteiger partial charge is 0.309 e. The predicted molar refractivity (Wildman–Crippen MR) is 84.8 cm³/mol. The number of carboxylic acid groups (broad SMARTS) is 1. The van der Waals surface area contributed by atoms with Crippen LogP contribution in [0.5, 0.6) is 0 Å². The second kappa shape index (κ2) is 8.22. The normalized spacial score (nSPS) is 11.6. The molecule has 5 nitrogen and oxygen atoms in total. The second-order valence-electron chi connectivity index (χ2n) is 5.79. The van der Waals surface area contributed by atoms with E-state index >= 15 is 0 Å². The van der Waals surface area contributed by atoms with E-state index in [1.807, 2.05) is 0 Å². The number of aliphatic carboxylic acids is 1. The van der Waals surface area contributed by atoms with Crippen LogP contribution in [0.25, 0.3) is 0 Å². The van der Waals surface area contributed by atoms with Crippen LogP contribution in [0.4, 0.5) is 0 Å². The molecule has 0 aromatic carbocycles. The molecule has 0 saturated carbocycles. The van der Waals surface area contributed by atoms with E-state index in [9.17, 15) is 9.59 Å². The lowest BCUT2D eigenvalue weighted by atomic mass is 9.88. The highest BCUT2D eigenvalue weighted by Gasteiger charge is 2.25. The van der Waals surface area contributed by atoms with Gasteiger partial charge in [-0.15, -0.1) is 0 Å². The van der Waals surface area contributed by atoms with Crippen molar-refractivity contribution in [3.63, 3.8) is 0 Å². The lowest BCUT2D eigenvalue weighted by Gasteiger charge is -2.18. The van der Waals surface area contributed by atoms with Crippen LogP contribution < -0.4 is 5.56 Å². The van der Waals surface area contributed by atoms with Crippen molar-refractivity contribution in [1.82, 2.24) is 9.97 Å². The summed E-state index contributed by atoms with van der Waals surface area (Å²) in [6.45, 7) is 5.55. The van der Waals surface area contributed by atoms with Crippen molar-refractivity contribution < 1.29 is 9.90 Å². The summed E-state index contributed by atoms with van der Waals surface area (Å²) in [6.07, 6.45) is 4.19. The largest absolute Gasteiger partial charge is 0.481 e. The fourth-order valence-corrected chi connectivity index (χ4v) is 2.78. The van der Waals surface area contributed by atoms with Crippen LogP contribution in [-0.2, 0) is 11.2 Å². The van der Waals surface area contributed by atoms with Crippen molar-refractivity contribution in [2.24, 2.45) is 5.41 Å². The van der Waals surface area contributed by atoms with Gasteiger partial charge in [0.2, 0.25) is 0 Å². The highest BCUT2D eigenvalue weighted by molar-refractivity contribution is 7.99. The minimum Gasteiger partial charge on any atom is -0.481 e. The first-order chi connectivity index (χ1) is 9.85. The lowest BCUT2D eigenvalue weighted by Crippen LogP contribution is -2.23. The molecule has 0 aliphatic heterocycles. The van der Waals surface area contributed by atoms with Gasteiger partial charge in [-0.1, -0.05) is 31.5 Å². The van der Waals surface area contributed by atoms with E-state index < -0.39 is 11.4 Å². The average Bonchev–Trinajstić information content (AvgIpc) is 2.37. The Morgan fingerprint density at radius 3 is 2.76 bits per heavy atom. The van der Waals surface area contributed by atoms with E-state index in [0.29, 0.717) is 11.6 Å². The minimum absolute atomic E-state index is 0.108. The Kier molecular flexibility index (Phi) is 6.95. The number of hydrogen-bond donors (Lipinski definition) is 2. The topological polar surface area (TPSA) is 83.0 Å². The molecule has 0 atom stereocenters. The number of unbranched alkanes of at least 4 members (excludes halogenated alkanes) is 1. The van der Waals surface area contributed by atoms with Gasteiger partial charge in [0.15, 0.2) is 5.16 Å². The van der Waals surface area contributed by atoms with Gasteiger partial charge in [0.1, 0.15) is 0 Å². The zero-order valence-electron chi connectivity index (χ0n) is 12.9. The first-order valence-electron chi connectivity index (χ1n) is 7.31. The van der Waals surface area contributed by atoms with Gasteiger partial charge in [0, 0.05) is 17.5 Å². The van der Waals surface area contributed by atoms with Crippen LogP contribution >= 0.6 is 11.8 Å². The molecule has 0 radical (unpaired) electrons. The SMILES string of the molecule is CCCc1cc(=O)[nH]c(SCCCCC(C)(C)C(=O)O)n1. The first kappa shape index (κ1) is 17.8. The molecule has 21 heavy (non-hydrogen) atoms. The summed E-state index contributed by atoms with van der Waals surface area (Å²) in [6, 6.07) is 1.54. The Morgan fingerprint density at radius 1 is 1.43 bits per heavy atom. The Morgan fingerprint density at radius 2 is 2.14 bits per heavy atom. The summed E-state index contributed by atoms with van der Waals surface area (Å²) in [7, 11) is 0. The van der Waals surface area contributed by atoms with Gasteiger partial charge in [-0.05, 0) is 33.1 Å². The summed E-state index contributed by atoms with van der Waals surface area (Å²) in [5, 5.41) is 9.69. The number of carboxylic acids is 1. The maximum Gasteiger partial charge on any atom is 0.309 e. The molecule has 1 aromatic heterocycles. The van der Waals surface area contributed by atoms with E-state index in [2.05, 4.69) is 16.9 Å². The van der Waals surface area contributed by atoms with E-state index in [0.717, 1.165) is 37.1 Å². The monoisotopic (exact) mass is 312 g/mol. The van der Waals surface area contributed by atoms with Gasteiger partial charge in [0.25, 0.3) is 5.56 Å². The van der Waals surface area contributed by atoms with Crippen molar-refractivity contribution in [2.45, 2.75) is 58.0 Å². The Hall–Kier alpha value is -1.30. The zero-order chi connectivity index (χ0) is 15.9. The number of aryl methyl sites for hydroxylation is 1. The Balaban J connectivity index is 2.39. The molecule has 1 heterocycles. The third kappa shape index (κ3) is 6.33. The zero-order valence-corrected chi connectivity index (χ0v) is 13.8. The van der Waals surface area contributed by atoms with Crippen molar-refractivity contribution >= 4 is 17.7 Å². The van der Waals surface area contributed by atoms with Crippen LogP contribution in [0.1, 0.15) is 52.1 Å². The molecule has 118 valence electrons. The standard InChI is InChI=1S/C15H24N2O3S/c1-4-7-11-10-12(18)17-14(16-11)21-9-6-5-8-15(2,3)13(19)20/h10H,4-9H2,1-3H3,(H,19,20)(H,16,17,18). The molecule has 0 saturated heterocycles.